The summed E-state index contributed by atoms with van der Waals surface area (Å²) in [7, 11) is 0. The number of hydrogen-bond donors (Lipinski definition) is 15. The van der Waals surface area contributed by atoms with Crippen molar-refractivity contribution < 1.29 is 114 Å². The van der Waals surface area contributed by atoms with Gasteiger partial charge in [-0.1, -0.05) is 0 Å². The lowest BCUT2D eigenvalue weighted by molar-refractivity contribution is -0.392. The summed E-state index contributed by atoms with van der Waals surface area (Å²) < 4.78 is 39.6. The zero-order valence-electron chi connectivity index (χ0n) is 30.3. The maximum Gasteiger partial charge on any atom is 0.364 e. The summed E-state index contributed by atoms with van der Waals surface area (Å²) in [6.07, 6.45) is -32.5. The molecule has 0 saturated carbocycles. The summed E-state index contributed by atoms with van der Waals surface area (Å²) in [5.74, 6) is -9.20. The largest absolute Gasteiger partial charge is 0.477 e. The molecule has 4 rings (SSSR count). The number of aliphatic carboxylic acids is 1. The Hall–Kier alpha value is -2.35. The average molecular weight is 821 g/mol. The van der Waals surface area contributed by atoms with Crippen molar-refractivity contribution in [3.05, 3.63) is 0 Å². The van der Waals surface area contributed by atoms with Gasteiger partial charge in [0.1, 0.15) is 73.2 Å². The van der Waals surface area contributed by atoms with E-state index in [9.17, 15) is 80.8 Å². The van der Waals surface area contributed by atoms with Crippen LogP contribution in [0.15, 0.2) is 0 Å². The highest BCUT2D eigenvalue weighted by Crippen LogP contribution is 2.41. The van der Waals surface area contributed by atoms with Crippen molar-refractivity contribution in [3.63, 3.8) is 0 Å². The van der Waals surface area contributed by atoms with E-state index < -0.39 is 172 Å². The molecule has 2 amide bonds. The monoisotopic (exact) mass is 820 g/mol. The first-order valence-corrected chi connectivity index (χ1v) is 17.6. The smallest absolute Gasteiger partial charge is 0.364 e. The van der Waals surface area contributed by atoms with Crippen molar-refractivity contribution in [2.75, 3.05) is 26.4 Å². The quantitative estimate of drug-likeness (QED) is 0.0773. The Kier molecular flexibility index (Phi) is 15.8. The highest BCUT2D eigenvalue weighted by molar-refractivity contribution is 5.78. The van der Waals surface area contributed by atoms with Crippen LogP contribution in [0.3, 0.4) is 0 Å². The predicted octanol–water partition coefficient (Wildman–Crippen LogP) is -9.37. The standard InChI is InChI=1S/C31H52N2O23/c1-8-18(41)21(44)22(45)28(51-8)55-25-17(33-10(3)38)27(47)52-14(6-36)24(25)54-29-23(46)26(20(43)13(5-35)53-29)56-31(30(48)49)15(19(42)11(39)4-34)16(32-9(2)37)12(40)7-50-31/h8,11-29,34-36,39-47H,4-7H2,1-3H3,(H,32,37)(H,33,38)(H,48,49)/t8-,11+,12-,13+,14+,15+,16+,17+,18+,19+,20-,21+,22-,23+,24+,25+,26-,27?,28-,29-,31+/m0/s1. The van der Waals surface area contributed by atoms with Crippen LogP contribution in [-0.2, 0) is 47.5 Å². The van der Waals surface area contributed by atoms with E-state index in [2.05, 4.69) is 10.6 Å². The highest BCUT2D eigenvalue weighted by Gasteiger charge is 2.64. The third-order valence-electron chi connectivity index (χ3n) is 10.1. The molecule has 0 aliphatic carbocycles. The van der Waals surface area contributed by atoms with E-state index in [0.29, 0.717) is 0 Å². The molecular formula is C31H52N2O23. The lowest BCUT2D eigenvalue weighted by Gasteiger charge is -2.52. The van der Waals surface area contributed by atoms with Gasteiger partial charge in [0.15, 0.2) is 18.9 Å². The van der Waals surface area contributed by atoms with Gasteiger partial charge in [0.2, 0.25) is 11.8 Å². The number of ether oxygens (including phenoxy) is 7. The van der Waals surface area contributed by atoms with Gasteiger partial charge in [-0.15, -0.1) is 0 Å². The maximum absolute atomic E-state index is 13.1. The topological polar surface area (TPSA) is 403 Å². The first-order valence-electron chi connectivity index (χ1n) is 17.6. The lowest BCUT2D eigenvalue weighted by Crippen LogP contribution is -2.73. The fourth-order valence-electron chi connectivity index (χ4n) is 7.18. The Morgan fingerprint density at radius 2 is 1.30 bits per heavy atom. The molecule has 0 radical (unpaired) electrons. The molecule has 4 aliphatic heterocycles. The molecule has 0 aromatic rings. The second-order valence-corrected chi connectivity index (χ2v) is 14.0. The van der Waals surface area contributed by atoms with Gasteiger partial charge in [-0.05, 0) is 6.92 Å². The normalized spacial score (nSPS) is 45.7. The molecule has 4 aliphatic rings. The molecule has 0 spiro atoms. The summed E-state index contributed by atoms with van der Waals surface area (Å²) in [5.41, 5.74) is 0. The molecule has 25 heteroatoms. The molecule has 15 N–H and O–H groups in total. The second-order valence-electron chi connectivity index (χ2n) is 14.0. The number of amides is 2. The Morgan fingerprint density at radius 1 is 0.732 bits per heavy atom. The van der Waals surface area contributed by atoms with Crippen LogP contribution in [-0.4, -0.2) is 233 Å². The third-order valence-corrected chi connectivity index (χ3v) is 10.1. The minimum absolute atomic E-state index is 0.774. The zero-order valence-corrected chi connectivity index (χ0v) is 30.3. The minimum atomic E-state index is -3.28. The van der Waals surface area contributed by atoms with Crippen LogP contribution in [0.2, 0.25) is 0 Å². The van der Waals surface area contributed by atoms with Gasteiger partial charge < -0.3 is 110 Å². The van der Waals surface area contributed by atoms with Crippen LogP contribution in [0.5, 0.6) is 0 Å². The van der Waals surface area contributed by atoms with Gasteiger partial charge in [-0.2, -0.15) is 0 Å². The fourth-order valence-corrected chi connectivity index (χ4v) is 7.18. The number of carboxylic acid groups (broad SMARTS) is 1. The number of rotatable bonds is 14. The van der Waals surface area contributed by atoms with Gasteiger partial charge in [-0.3, -0.25) is 9.59 Å². The zero-order chi connectivity index (χ0) is 42.0. The molecule has 0 aromatic heterocycles. The SMILES string of the molecule is CC(=O)N[C@H]1[C@H]([C@H](O)[C@H](O)CO)[C@@](O[C@H]2[C@@H](O)[C@@H](CO)O[C@@H](O[C@H]3[C@H](O[C@@H]4O[C@@H](C)[C@@H](O)[C@@H](O)[C@@H]4O)[C@@H](NC(C)=O)C(O)O[C@@H]3CO)[C@@H]2O)(C(=O)O)OC[C@@H]1O. The van der Waals surface area contributed by atoms with Crippen LogP contribution >= 0.6 is 0 Å². The van der Waals surface area contributed by atoms with E-state index >= 15 is 0 Å². The Morgan fingerprint density at radius 3 is 1.86 bits per heavy atom. The number of carbonyl (C=O) groups is 3. The fraction of sp³-hybridized carbons (Fsp3) is 0.903. The van der Waals surface area contributed by atoms with Crippen LogP contribution in [0, 0.1) is 5.92 Å². The molecule has 324 valence electrons. The van der Waals surface area contributed by atoms with Crippen molar-refractivity contribution in [3.8, 4) is 0 Å². The van der Waals surface area contributed by atoms with Crippen molar-refractivity contribution in [2.24, 2.45) is 5.92 Å². The first kappa shape index (κ1) is 46.3. The van der Waals surface area contributed by atoms with Crippen LogP contribution in [0.4, 0.5) is 0 Å². The average Bonchev–Trinajstić information content (AvgIpc) is 3.14. The summed E-state index contributed by atoms with van der Waals surface area (Å²) in [6.45, 7) is -0.803. The van der Waals surface area contributed by atoms with Crippen molar-refractivity contribution in [1.29, 1.82) is 0 Å². The van der Waals surface area contributed by atoms with Gasteiger partial charge >= 0.3 is 5.97 Å². The Balaban J connectivity index is 1.76. The number of carboxylic acids is 1. The Labute approximate surface area is 317 Å². The molecule has 4 heterocycles. The number of carbonyl (C=O) groups excluding carboxylic acids is 2. The third kappa shape index (κ3) is 9.41. The molecule has 0 aromatic carbocycles. The van der Waals surface area contributed by atoms with Gasteiger partial charge in [0.05, 0.1) is 56.7 Å². The molecule has 4 fully saturated rings. The summed E-state index contributed by atoms with van der Waals surface area (Å²) in [4.78, 5) is 37.4. The number of aliphatic hydroxyl groups excluding tert-OH is 12. The lowest BCUT2D eigenvalue weighted by atomic mass is 9.78. The molecule has 25 nitrogen and oxygen atoms in total. The van der Waals surface area contributed by atoms with Crippen LogP contribution < -0.4 is 10.6 Å². The maximum atomic E-state index is 13.1. The molecule has 0 bridgehead atoms. The molecular weight excluding hydrogens is 768 g/mol. The summed E-state index contributed by atoms with van der Waals surface area (Å²) in [5, 5.41) is 142. The van der Waals surface area contributed by atoms with E-state index in [4.69, 9.17) is 33.2 Å². The molecule has 1 unspecified atom stereocenters. The van der Waals surface area contributed by atoms with Crippen LogP contribution in [0.25, 0.3) is 0 Å². The molecule has 4 saturated heterocycles. The number of aliphatic hydroxyl groups is 12. The summed E-state index contributed by atoms with van der Waals surface area (Å²) in [6, 6.07) is -3.41. The van der Waals surface area contributed by atoms with Crippen molar-refractivity contribution in [1.82, 2.24) is 10.6 Å². The van der Waals surface area contributed by atoms with E-state index in [1.807, 2.05) is 0 Å². The van der Waals surface area contributed by atoms with E-state index in [-0.39, 0.29) is 0 Å². The first-order chi connectivity index (χ1) is 26.2. The summed E-state index contributed by atoms with van der Waals surface area (Å²) >= 11 is 0. The minimum Gasteiger partial charge on any atom is -0.477 e. The highest BCUT2D eigenvalue weighted by atomic mass is 16.8. The van der Waals surface area contributed by atoms with Gasteiger partial charge in [-0.25, -0.2) is 4.79 Å². The Bertz CT molecular complexity index is 1330. The van der Waals surface area contributed by atoms with E-state index in [1.54, 1.807) is 0 Å². The predicted molar refractivity (Wildman–Crippen MR) is 173 cm³/mol. The van der Waals surface area contributed by atoms with E-state index in [0.717, 1.165) is 13.8 Å². The number of nitrogens with one attached hydrogen (secondary N) is 2. The van der Waals surface area contributed by atoms with Crippen molar-refractivity contribution in [2.45, 2.75) is 143 Å². The van der Waals surface area contributed by atoms with Gasteiger partial charge in [0.25, 0.3) is 5.79 Å². The number of hydrogen-bond acceptors (Lipinski definition) is 22. The van der Waals surface area contributed by atoms with E-state index in [1.165, 1.54) is 6.92 Å². The van der Waals surface area contributed by atoms with Gasteiger partial charge in [0, 0.05) is 13.8 Å². The molecule has 21 atom stereocenters. The van der Waals surface area contributed by atoms with Crippen LogP contribution in [0.1, 0.15) is 20.8 Å². The van der Waals surface area contributed by atoms with Crippen molar-refractivity contribution >= 4 is 17.8 Å². The molecule has 56 heavy (non-hydrogen) atoms. The second kappa shape index (κ2) is 19.1.